The van der Waals surface area contributed by atoms with Crippen LogP contribution < -0.4 is 15.6 Å². The molecule has 1 atom stereocenters. The summed E-state index contributed by atoms with van der Waals surface area (Å²) in [6.45, 7) is 5.76. The maximum Gasteiger partial charge on any atom is 0.271 e. The molecule has 6 nitrogen and oxygen atoms in total. The van der Waals surface area contributed by atoms with Crippen LogP contribution in [0.4, 0.5) is 5.69 Å². The minimum atomic E-state index is -0.466. The molecule has 8 heteroatoms. The molecule has 1 amide bonds. The topological polar surface area (TPSA) is 73.2 Å². The molecular weight excluding hydrogens is 422 g/mol. The van der Waals surface area contributed by atoms with E-state index in [4.69, 9.17) is 16.3 Å². The van der Waals surface area contributed by atoms with Gasteiger partial charge in [-0.3, -0.25) is 9.59 Å². The average Bonchev–Trinajstić information content (AvgIpc) is 2.71. The highest BCUT2D eigenvalue weighted by molar-refractivity contribution is 8.00. The van der Waals surface area contributed by atoms with E-state index in [1.54, 1.807) is 31.2 Å². The van der Waals surface area contributed by atoms with E-state index < -0.39 is 5.25 Å². The number of amides is 1. The predicted octanol–water partition coefficient (Wildman–Crippen LogP) is 4.63. The zero-order valence-electron chi connectivity index (χ0n) is 17.1. The third-order valence-electron chi connectivity index (χ3n) is 4.60. The molecule has 3 aromatic rings. The lowest BCUT2D eigenvalue weighted by Gasteiger charge is -2.15. The lowest BCUT2D eigenvalue weighted by atomic mass is 10.1. The first-order chi connectivity index (χ1) is 14.3. The van der Waals surface area contributed by atoms with Crippen LogP contribution in [0.5, 0.6) is 5.75 Å². The fraction of sp³-hybridized carbons (Fsp3) is 0.227. The zero-order chi connectivity index (χ0) is 21.8. The van der Waals surface area contributed by atoms with Gasteiger partial charge in [-0.15, -0.1) is 0 Å². The molecule has 30 heavy (non-hydrogen) atoms. The average molecular weight is 444 g/mol. The Hall–Kier alpha value is -2.77. The van der Waals surface area contributed by atoms with Crippen LogP contribution in [0.1, 0.15) is 18.1 Å². The number of anilines is 1. The molecule has 0 aliphatic carbocycles. The Kier molecular flexibility index (Phi) is 6.84. The minimum absolute atomic E-state index is 0.230. The molecule has 0 fully saturated rings. The van der Waals surface area contributed by atoms with Crippen molar-refractivity contribution in [1.29, 1.82) is 0 Å². The normalized spacial score (nSPS) is 11.8. The Bertz CT molecular complexity index is 1150. The molecule has 1 heterocycles. The number of carbonyl (C=O) groups excluding carboxylic acids is 1. The Balaban J connectivity index is 1.79. The van der Waals surface area contributed by atoms with Gasteiger partial charge in [0.05, 0.1) is 23.7 Å². The number of hydrogen-bond donors (Lipinski definition) is 1. The molecule has 0 saturated heterocycles. The SMILES string of the molecule is COc1ccc(Cl)cc1NC(=O)[C@@H](C)Sc1ccc(=O)n(-c2ccc(C)c(C)c2)n1. The molecule has 0 unspecified atom stereocenters. The summed E-state index contributed by atoms with van der Waals surface area (Å²) in [4.78, 5) is 25.0. The number of rotatable bonds is 6. The number of halogens is 1. The van der Waals surface area contributed by atoms with E-state index in [2.05, 4.69) is 10.4 Å². The highest BCUT2D eigenvalue weighted by Crippen LogP contribution is 2.29. The van der Waals surface area contributed by atoms with Crippen molar-refractivity contribution in [2.24, 2.45) is 0 Å². The summed E-state index contributed by atoms with van der Waals surface area (Å²) in [5.74, 6) is 0.290. The van der Waals surface area contributed by atoms with Gasteiger partial charge in [-0.1, -0.05) is 29.4 Å². The molecule has 3 rings (SSSR count). The minimum Gasteiger partial charge on any atom is -0.495 e. The van der Waals surface area contributed by atoms with Crippen LogP contribution in [0.25, 0.3) is 5.69 Å². The van der Waals surface area contributed by atoms with Gasteiger partial charge in [0.2, 0.25) is 5.91 Å². The summed E-state index contributed by atoms with van der Waals surface area (Å²) in [6.07, 6.45) is 0. The number of nitrogens with zero attached hydrogens (tertiary/aromatic N) is 2. The standard InChI is InChI=1S/C22H22ClN3O3S/c1-13-5-7-17(11-14(13)2)26-21(27)10-9-20(25-26)30-15(3)22(28)24-18-12-16(23)6-8-19(18)29-4/h5-12,15H,1-4H3,(H,24,28)/t15-/m1/s1. The number of aryl methyl sites for hydroxylation is 2. The van der Waals surface area contributed by atoms with Gasteiger partial charge in [-0.25, -0.2) is 0 Å². The molecule has 0 aliphatic rings. The van der Waals surface area contributed by atoms with Gasteiger partial charge >= 0.3 is 0 Å². The molecule has 1 aromatic heterocycles. The number of benzene rings is 2. The summed E-state index contributed by atoms with van der Waals surface area (Å²) in [7, 11) is 1.52. The molecular formula is C22H22ClN3O3S. The number of thioether (sulfide) groups is 1. The largest absolute Gasteiger partial charge is 0.495 e. The maximum absolute atomic E-state index is 12.7. The van der Waals surface area contributed by atoms with Crippen molar-refractivity contribution in [3.63, 3.8) is 0 Å². The van der Waals surface area contributed by atoms with Crippen LogP contribution in [0, 0.1) is 13.8 Å². The van der Waals surface area contributed by atoms with Crippen molar-refractivity contribution in [3.8, 4) is 11.4 Å². The number of hydrogen-bond acceptors (Lipinski definition) is 5. The molecule has 0 bridgehead atoms. The molecule has 1 N–H and O–H groups in total. The third-order valence-corrected chi connectivity index (χ3v) is 5.86. The molecule has 2 aromatic carbocycles. The first-order valence-electron chi connectivity index (χ1n) is 9.27. The Morgan fingerprint density at radius 1 is 1.13 bits per heavy atom. The second kappa shape index (κ2) is 9.36. The third kappa shape index (κ3) is 5.04. The van der Waals surface area contributed by atoms with Crippen LogP contribution in [-0.2, 0) is 4.79 Å². The first-order valence-corrected chi connectivity index (χ1v) is 10.5. The fourth-order valence-electron chi connectivity index (χ4n) is 2.75. The smallest absolute Gasteiger partial charge is 0.271 e. The highest BCUT2D eigenvalue weighted by atomic mass is 35.5. The van der Waals surface area contributed by atoms with Crippen LogP contribution in [0.3, 0.4) is 0 Å². The van der Waals surface area contributed by atoms with E-state index in [9.17, 15) is 9.59 Å². The van der Waals surface area contributed by atoms with E-state index in [-0.39, 0.29) is 11.5 Å². The molecule has 0 spiro atoms. The zero-order valence-corrected chi connectivity index (χ0v) is 18.7. The molecule has 0 aliphatic heterocycles. The summed E-state index contributed by atoms with van der Waals surface area (Å²) in [5, 5.41) is 7.85. The van der Waals surface area contributed by atoms with Gasteiger partial charge in [-0.05, 0) is 68.3 Å². The number of nitrogens with one attached hydrogen (secondary N) is 1. The van der Waals surface area contributed by atoms with E-state index in [0.29, 0.717) is 27.2 Å². The predicted molar refractivity (Wildman–Crippen MR) is 121 cm³/mol. The van der Waals surface area contributed by atoms with Crippen molar-refractivity contribution < 1.29 is 9.53 Å². The summed E-state index contributed by atoms with van der Waals surface area (Å²) in [6, 6.07) is 13.8. The van der Waals surface area contributed by atoms with E-state index >= 15 is 0 Å². The summed E-state index contributed by atoms with van der Waals surface area (Å²) >= 11 is 7.28. The second-order valence-electron chi connectivity index (χ2n) is 6.78. The molecule has 156 valence electrons. The van der Waals surface area contributed by atoms with Gasteiger partial charge in [0.25, 0.3) is 5.56 Å². The lowest BCUT2D eigenvalue weighted by molar-refractivity contribution is -0.115. The molecule has 0 saturated carbocycles. The number of carbonyl (C=O) groups is 1. The van der Waals surface area contributed by atoms with Crippen molar-refractivity contribution in [2.75, 3.05) is 12.4 Å². The summed E-state index contributed by atoms with van der Waals surface area (Å²) < 4.78 is 6.61. The van der Waals surface area contributed by atoms with Gasteiger partial charge < -0.3 is 10.1 Å². The van der Waals surface area contributed by atoms with E-state index in [0.717, 1.165) is 11.1 Å². The van der Waals surface area contributed by atoms with Crippen LogP contribution in [0.15, 0.2) is 58.4 Å². The van der Waals surface area contributed by atoms with E-state index in [1.807, 2.05) is 32.0 Å². The van der Waals surface area contributed by atoms with E-state index in [1.165, 1.54) is 29.6 Å². The van der Waals surface area contributed by atoms with Crippen molar-refractivity contribution in [3.05, 3.63) is 75.0 Å². The second-order valence-corrected chi connectivity index (χ2v) is 8.58. The van der Waals surface area contributed by atoms with Gasteiger partial charge in [0, 0.05) is 11.1 Å². The van der Waals surface area contributed by atoms with Gasteiger partial charge in [-0.2, -0.15) is 9.78 Å². The lowest BCUT2D eigenvalue weighted by Crippen LogP contribution is -2.24. The molecule has 0 radical (unpaired) electrons. The van der Waals surface area contributed by atoms with Crippen LogP contribution in [-0.4, -0.2) is 28.0 Å². The number of ether oxygens (including phenoxy) is 1. The number of methoxy groups -OCH3 is 1. The van der Waals surface area contributed by atoms with Crippen molar-refractivity contribution in [1.82, 2.24) is 9.78 Å². The monoisotopic (exact) mass is 443 g/mol. The van der Waals surface area contributed by atoms with Gasteiger partial charge in [0.1, 0.15) is 10.8 Å². The maximum atomic E-state index is 12.7. The Labute approximate surface area is 184 Å². The van der Waals surface area contributed by atoms with Crippen LogP contribution in [0.2, 0.25) is 5.02 Å². The fourth-order valence-corrected chi connectivity index (χ4v) is 3.72. The first kappa shape index (κ1) is 21.9. The quantitative estimate of drug-likeness (QED) is 0.562. The summed E-state index contributed by atoms with van der Waals surface area (Å²) in [5.41, 5.74) is 3.16. The van der Waals surface area contributed by atoms with Crippen molar-refractivity contribution in [2.45, 2.75) is 31.0 Å². The Morgan fingerprint density at radius 3 is 2.60 bits per heavy atom. The van der Waals surface area contributed by atoms with Crippen molar-refractivity contribution >= 4 is 35.0 Å². The van der Waals surface area contributed by atoms with Gasteiger partial charge in [0.15, 0.2) is 0 Å². The van der Waals surface area contributed by atoms with Crippen LogP contribution >= 0.6 is 23.4 Å². The Morgan fingerprint density at radius 2 is 1.90 bits per heavy atom. The highest BCUT2D eigenvalue weighted by Gasteiger charge is 2.18. The number of aromatic nitrogens is 2.